The normalized spacial score (nSPS) is 27.2. The van der Waals surface area contributed by atoms with Crippen LogP contribution in [0.3, 0.4) is 0 Å². The van der Waals surface area contributed by atoms with E-state index in [2.05, 4.69) is 18.7 Å². The number of rotatable bonds is 4. The first kappa shape index (κ1) is 20.2. The van der Waals surface area contributed by atoms with E-state index in [9.17, 15) is 9.90 Å². The summed E-state index contributed by atoms with van der Waals surface area (Å²) in [7, 11) is 0. The van der Waals surface area contributed by atoms with Crippen LogP contribution >= 0.6 is 0 Å². The molecule has 150 valence electrons. The van der Waals surface area contributed by atoms with Crippen LogP contribution in [0.4, 0.5) is 0 Å². The topological polar surface area (TPSA) is 53.0 Å². The van der Waals surface area contributed by atoms with Gasteiger partial charge in [-0.1, -0.05) is 32.0 Å². The predicted octanol–water partition coefficient (Wildman–Crippen LogP) is 2.93. The Kier molecular flexibility index (Phi) is 6.11. The van der Waals surface area contributed by atoms with Crippen molar-refractivity contribution >= 4 is 5.91 Å². The molecule has 0 aromatic heterocycles. The Balaban J connectivity index is 1.70. The monoisotopic (exact) mass is 374 g/mol. The van der Waals surface area contributed by atoms with Crippen LogP contribution in [0, 0.1) is 5.41 Å². The van der Waals surface area contributed by atoms with Gasteiger partial charge in [0, 0.05) is 32.6 Å². The highest BCUT2D eigenvalue weighted by Crippen LogP contribution is 2.37. The summed E-state index contributed by atoms with van der Waals surface area (Å²) in [6.45, 7) is 8.81. The third-order valence-corrected chi connectivity index (χ3v) is 6.16. The van der Waals surface area contributed by atoms with Gasteiger partial charge in [-0.15, -0.1) is 0 Å². The van der Waals surface area contributed by atoms with Gasteiger partial charge in [0.05, 0.1) is 6.54 Å². The average Bonchev–Trinajstić information content (AvgIpc) is 2.81. The van der Waals surface area contributed by atoms with Gasteiger partial charge in [0.1, 0.15) is 18.0 Å². The molecule has 1 aliphatic heterocycles. The summed E-state index contributed by atoms with van der Waals surface area (Å²) in [6, 6.07) is 10.0. The number of carbonyl (C=O) groups excluding carboxylic acids is 1. The van der Waals surface area contributed by atoms with Crippen LogP contribution in [0.15, 0.2) is 30.3 Å². The zero-order valence-electron chi connectivity index (χ0n) is 17.0. The Hall–Kier alpha value is -1.59. The van der Waals surface area contributed by atoms with E-state index in [0.29, 0.717) is 31.1 Å². The number of carbonyl (C=O) groups is 1. The molecule has 1 saturated heterocycles. The minimum Gasteiger partial charge on any atom is -0.490 e. The molecule has 1 saturated carbocycles. The van der Waals surface area contributed by atoms with Gasteiger partial charge >= 0.3 is 0 Å². The second kappa shape index (κ2) is 8.19. The Bertz CT molecular complexity index is 624. The van der Waals surface area contributed by atoms with Gasteiger partial charge < -0.3 is 14.7 Å². The van der Waals surface area contributed by atoms with Crippen LogP contribution in [0.1, 0.15) is 46.5 Å². The molecule has 1 aliphatic carbocycles. The van der Waals surface area contributed by atoms with E-state index in [1.54, 1.807) is 11.8 Å². The van der Waals surface area contributed by atoms with E-state index >= 15 is 0 Å². The van der Waals surface area contributed by atoms with E-state index in [0.717, 1.165) is 25.1 Å². The molecule has 0 unspecified atom stereocenters. The summed E-state index contributed by atoms with van der Waals surface area (Å²) in [6.07, 6.45) is 4.73. The smallest absolute Gasteiger partial charge is 0.219 e. The van der Waals surface area contributed by atoms with Crippen molar-refractivity contribution in [1.82, 2.24) is 9.80 Å². The lowest BCUT2D eigenvalue weighted by molar-refractivity contribution is -0.132. The number of β-amino-alcohol motifs (C(OH)–C–C–N with tert-alkyl or cyclic N) is 1. The van der Waals surface area contributed by atoms with Crippen LogP contribution < -0.4 is 4.74 Å². The van der Waals surface area contributed by atoms with E-state index in [-0.39, 0.29) is 12.5 Å². The molecule has 0 radical (unpaired) electrons. The molecule has 1 amide bonds. The summed E-state index contributed by atoms with van der Waals surface area (Å²) >= 11 is 0. The number of ether oxygens (including phenoxy) is 1. The molecule has 1 aromatic carbocycles. The molecule has 0 bridgehead atoms. The lowest BCUT2D eigenvalue weighted by Gasteiger charge is -2.41. The molecule has 0 spiro atoms. The van der Waals surface area contributed by atoms with Crippen LogP contribution in [0.25, 0.3) is 0 Å². The number of nitrogens with zero attached hydrogens (tertiary/aromatic N) is 2. The number of hydrogen-bond donors (Lipinski definition) is 1. The summed E-state index contributed by atoms with van der Waals surface area (Å²) < 4.78 is 5.89. The fraction of sp³-hybridized carbons (Fsp3) is 0.682. The number of benzene rings is 1. The van der Waals surface area contributed by atoms with Gasteiger partial charge in [0.25, 0.3) is 0 Å². The molecule has 3 rings (SSSR count). The lowest BCUT2D eigenvalue weighted by Crippen LogP contribution is -2.53. The maximum Gasteiger partial charge on any atom is 0.219 e. The molecule has 2 aliphatic rings. The average molecular weight is 375 g/mol. The summed E-state index contributed by atoms with van der Waals surface area (Å²) in [4.78, 5) is 16.2. The third kappa shape index (κ3) is 5.45. The fourth-order valence-electron chi connectivity index (χ4n) is 4.35. The highest BCUT2D eigenvalue weighted by atomic mass is 16.5. The zero-order chi connectivity index (χ0) is 19.5. The van der Waals surface area contributed by atoms with E-state index in [1.807, 2.05) is 30.3 Å². The van der Waals surface area contributed by atoms with Gasteiger partial charge in [-0.3, -0.25) is 9.69 Å². The number of para-hydroxylation sites is 1. The van der Waals surface area contributed by atoms with Gasteiger partial charge in [0.2, 0.25) is 5.91 Å². The van der Waals surface area contributed by atoms with Gasteiger partial charge in [0.15, 0.2) is 0 Å². The Labute approximate surface area is 163 Å². The Morgan fingerprint density at radius 2 is 1.81 bits per heavy atom. The van der Waals surface area contributed by atoms with Gasteiger partial charge in [-0.25, -0.2) is 0 Å². The second-order valence-electron chi connectivity index (χ2n) is 9.13. The van der Waals surface area contributed by atoms with Crippen LogP contribution in [0.2, 0.25) is 0 Å². The minimum absolute atomic E-state index is 0.0137. The number of aliphatic hydroxyl groups is 1. The van der Waals surface area contributed by atoms with Crippen molar-refractivity contribution in [2.24, 2.45) is 5.41 Å². The lowest BCUT2D eigenvalue weighted by atomic mass is 9.75. The largest absolute Gasteiger partial charge is 0.490 e. The highest BCUT2D eigenvalue weighted by Gasteiger charge is 2.40. The quantitative estimate of drug-likeness (QED) is 0.880. The molecule has 1 N–H and O–H groups in total. The SMILES string of the molecule is CC(=O)N1CCN(C2CCC(C)(C)CC2)C[C@](O)(COc2ccccc2)C1. The summed E-state index contributed by atoms with van der Waals surface area (Å²) in [5.74, 6) is 0.760. The molecular weight excluding hydrogens is 340 g/mol. The maximum absolute atomic E-state index is 12.0. The molecule has 5 nitrogen and oxygen atoms in total. The first-order valence-corrected chi connectivity index (χ1v) is 10.2. The van der Waals surface area contributed by atoms with Crippen molar-refractivity contribution in [3.63, 3.8) is 0 Å². The van der Waals surface area contributed by atoms with Crippen molar-refractivity contribution in [2.75, 3.05) is 32.8 Å². The van der Waals surface area contributed by atoms with Gasteiger partial charge in [-0.2, -0.15) is 0 Å². The standard InChI is InChI=1S/C22H34N2O3/c1-18(25)23-13-14-24(19-9-11-21(2,3)12-10-19)16-22(26,15-23)17-27-20-7-5-4-6-8-20/h4-8,19,26H,9-17H2,1-3H3/t22-/m0/s1. The van der Waals surface area contributed by atoms with Crippen LogP contribution in [0.5, 0.6) is 5.75 Å². The molecule has 1 atom stereocenters. The zero-order valence-corrected chi connectivity index (χ0v) is 17.0. The van der Waals surface area contributed by atoms with Crippen molar-refractivity contribution in [1.29, 1.82) is 0 Å². The molecule has 5 heteroatoms. The van der Waals surface area contributed by atoms with Crippen molar-refractivity contribution in [3.05, 3.63) is 30.3 Å². The van der Waals surface area contributed by atoms with Crippen LogP contribution in [-0.2, 0) is 4.79 Å². The van der Waals surface area contributed by atoms with Gasteiger partial charge in [-0.05, 0) is 43.2 Å². The molecule has 1 heterocycles. The Morgan fingerprint density at radius 3 is 2.44 bits per heavy atom. The summed E-state index contributed by atoms with van der Waals surface area (Å²) in [5.41, 5.74) is -0.647. The highest BCUT2D eigenvalue weighted by molar-refractivity contribution is 5.73. The second-order valence-corrected chi connectivity index (χ2v) is 9.13. The van der Waals surface area contributed by atoms with Crippen LogP contribution in [-0.4, -0.2) is 65.2 Å². The fourth-order valence-corrected chi connectivity index (χ4v) is 4.35. The first-order chi connectivity index (χ1) is 12.8. The number of amides is 1. The maximum atomic E-state index is 12.0. The number of hydrogen-bond acceptors (Lipinski definition) is 4. The van der Waals surface area contributed by atoms with Crippen molar-refractivity contribution in [2.45, 2.75) is 58.1 Å². The van der Waals surface area contributed by atoms with E-state index in [1.165, 1.54) is 12.8 Å². The first-order valence-electron chi connectivity index (χ1n) is 10.2. The Morgan fingerprint density at radius 1 is 1.15 bits per heavy atom. The predicted molar refractivity (Wildman–Crippen MR) is 107 cm³/mol. The van der Waals surface area contributed by atoms with Crippen molar-refractivity contribution in [3.8, 4) is 5.75 Å². The van der Waals surface area contributed by atoms with E-state index < -0.39 is 5.60 Å². The minimum atomic E-state index is -1.06. The third-order valence-electron chi connectivity index (χ3n) is 6.16. The van der Waals surface area contributed by atoms with E-state index in [4.69, 9.17) is 4.74 Å². The molecule has 1 aromatic rings. The van der Waals surface area contributed by atoms with Crippen molar-refractivity contribution < 1.29 is 14.6 Å². The molecule has 2 fully saturated rings. The summed E-state index contributed by atoms with van der Waals surface area (Å²) in [5, 5.41) is 11.4. The molecular formula is C22H34N2O3. The molecule has 27 heavy (non-hydrogen) atoms.